The van der Waals surface area contributed by atoms with Crippen molar-refractivity contribution in [1.29, 1.82) is 5.26 Å². The van der Waals surface area contributed by atoms with E-state index in [0.29, 0.717) is 22.5 Å². The molecule has 0 bridgehead atoms. The van der Waals surface area contributed by atoms with Gasteiger partial charge in [-0.3, -0.25) is 9.59 Å². The second-order valence-electron chi connectivity index (χ2n) is 8.95. The van der Waals surface area contributed by atoms with Crippen LogP contribution < -0.4 is 16.6 Å². The fourth-order valence-corrected chi connectivity index (χ4v) is 4.72. The first-order valence-electron chi connectivity index (χ1n) is 11.8. The number of carbonyl (C=O) groups excluding carboxylic acids is 1. The number of aromatic nitrogens is 3. The number of aryl methyl sites for hydroxylation is 1. The number of hydrogen-bond donors (Lipinski definition) is 2. The van der Waals surface area contributed by atoms with E-state index in [9.17, 15) is 14.9 Å². The molecular formula is C29H24N6O2. The largest absolute Gasteiger partial charge is 0.368 e. The first-order chi connectivity index (χ1) is 17.9. The summed E-state index contributed by atoms with van der Waals surface area (Å²) in [6.45, 7) is 1.92. The summed E-state index contributed by atoms with van der Waals surface area (Å²) in [7, 11) is 1.69. The van der Waals surface area contributed by atoms with Gasteiger partial charge in [-0.05, 0) is 40.8 Å². The minimum absolute atomic E-state index is 0.0472. The lowest BCUT2D eigenvalue weighted by Gasteiger charge is -2.31. The first-order valence-corrected chi connectivity index (χ1v) is 11.8. The lowest BCUT2D eigenvalue weighted by atomic mass is 9.74. The van der Waals surface area contributed by atoms with Crippen LogP contribution in [0.1, 0.15) is 39.9 Å². The highest BCUT2D eigenvalue weighted by Crippen LogP contribution is 2.41. The summed E-state index contributed by atoms with van der Waals surface area (Å²) in [6.07, 6.45) is 5.08. The summed E-state index contributed by atoms with van der Waals surface area (Å²) in [6, 6.07) is 20.3. The lowest BCUT2D eigenvalue weighted by molar-refractivity contribution is 0.0970. The maximum absolute atomic E-state index is 14.3. The van der Waals surface area contributed by atoms with Crippen molar-refractivity contribution in [2.75, 3.05) is 11.1 Å². The highest BCUT2D eigenvalue weighted by atomic mass is 16.1. The van der Waals surface area contributed by atoms with Crippen LogP contribution in [-0.4, -0.2) is 26.4 Å². The van der Waals surface area contributed by atoms with E-state index < -0.39 is 5.92 Å². The molecule has 0 aliphatic heterocycles. The Morgan fingerprint density at radius 1 is 1.11 bits per heavy atom. The monoisotopic (exact) mass is 488 g/mol. The molecule has 0 saturated carbocycles. The summed E-state index contributed by atoms with van der Waals surface area (Å²) >= 11 is 0. The highest BCUT2D eigenvalue weighted by Gasteiger charge is 2.35. The molecular weight excluding hydrogens is 464 g/mol. The van der Waals surface area contributed by atoms with Gasteiger partial charge >= 0.3 is 0 Å². The highest BCUT2D eigenvalue weighted by molar-refractivity contribution is 6.13. The molecule has 1 aliphatic carbocycles. The Morgan fingerprint density at radius 3 is 2.62 bits per heavy atom. The topological polar surface area (TPSA) is 127 Å². The van der Waals surface area contributed by atoms with Gasteiger partial charge in [0.1, 0.15) is 17.5 Å². The molecule has 2 aromatic heterocycles. The molecule has 3 N–H and O–H groups in total. The van der Waals surface area contributed by atoms with Gasteiger partial charge in [0.2, 0.25) is 5.95 Å². The Labute approximate surface area is 213 Å². The quantitative estimate of drug-likeness (QED) is 0.432. The zero-order chi connectivity index (χ0) is 26.1. The Morgan fingerprint density at radius 2 is 1.89 bits per heavy atom. The third-order valence-corrected chi connectivity index (χ3v) is 6.59. The van der Waals surface area contributed by atoms with Crippen molar-refractivity contribution < 1.29 is 4.79 Å². The SMILES string of the molecule is C[C@H](Nc1nc(N)ncc1C#N)C1=Cc2cccc(-c3ccn(C)c(=O)c3)c2C(=O)C1c1ccccc1. The average Bonchev–Trinajstić information content (AvgIpc) is 2.90. The number of nitrogen functional groups attached to an aromatic ring is 1. The maximum Gasteiger partial charge on any atom is 0.250 e. The minimum atomic E-state index is -0.575. The third kappa shape index (κ3) is 4.39. The van der Waals surface area contributed by atoms with E-state index in [1.54, 1.807) is 19.3 Å². The Balaban J connectivity index is 1.66. The fraction of sp³-hybridized carbons (Fsp3) is 0.138. The minimum Gasteiger partial charge on any atom is -0.368 e. The Bertz CT molecular complexity index is 1650. The molecule has 0 radical (unpaired) electrons. The van der Waals surface area contributed by atoms with Crippen LogP contribution in [0.5, 0.6) is 0 Å². The van der Waals surface area contributed by atoms with Crippen LogP contribution in [0.4, 0.5) is 11.8 Å². The van der Waals surface area contributed by atoms with Crippen LogP contribution in [0, 0.1) is 11.3 Å². The summed E-state index contributed by atoms with van der Waals surface area (Å²) in [5.74, 6) is -0.284. The predicted octanol–water partition coefficient (Wildman–Crippen LogP) is 4.16. The number of nitrogens with one attached hydrogen (secondary N) is 1. The number of carbonyl (C=O) groups is 1. The Hall–Kier alpha value is -5.03. The molecule has 1 aliphatic rings. The van der Waals surface area contributed by atoms with Crippen LogP contribution in [0.15, 0.2) is 83.4 Å². The molecule has 0 fully saturated rings. The molecule has 2 heterocycles. The number of benzene rings is 2. The second-order valence-corrected chi connectivity index (χ2v) is 8.95. The van der Waals surface area contributed by atoms with E-state index >= 15 is 0 Å². The number of fused-ring (bicyclic) bond motifs is 1. The molecule has 2 aromatic carbocycles. The summed E-state index contributed by atoms with van der Waals surface area (Å²) in [5, 5.41) is 12.8. The van der Waals surface area contributed by atoms with E-state index in [-0.39, 0.29) is 28.9 Å². The number of anilines is 2. The van der Waals surface area contributed by atoms with Gasteiger partial charge < -0.3 is 15.6 Å². The van der Waals surface area contributed by atoms with E-state index in [1.165, 1.54) is 10.8 Å². The van der Waals surface area contributed by atoms with E-state index in [1.807, 2.05) is 67.6 Å². The molecule has 8 nitrogen and oxygen atoms in total. The smallest absolute Gasteiger partial charge is 0.250 e. The average molecular weight is 489 g/mol. The number of pyridine rings is 1. The van der Waals surface area contributed by atoms with Gasteiger partial charge in [0.25, 0.3) is 5.56 Å². The summed E-state index contributed by atoms with van der Waals surface area (Å²) < 4.78 is 1.49. The van der Waals surface area contributed by atoms with Crippen LogP contribution in [0.25, 0.3) is 17.2 Å². The third-order valence-electron chi connectivity index (χ3n) is 6.59. The molecule has 4 aromatic rings. The second kappa shape index (κ2) is 9.55. The summed E-state index contributed by atoms with van der Waals surface area (Å²) in [4.78, 5) is 34.7. The number of rotatable bonds is 5. The molecule has 37 heavy (non-hydrogen) atoms. The molecule has 8 heteroatoms. The van der Waals surface area contributed by atoms with Crippen molar-refractivity contribution in [2.24, 2.45) is 7.05 Å². The number of ketones is 1. The van der Waals surface area contributed by atoms with Gasteiger partial charge in [-0.25, -0.2) is 4.98 Å². The van der Waals surface area contributed by atoms with Crippen molar-refractivity contribution in [3.63, 3.8) is 0 Å². The molecule has 5 rings (SSSR count). The van der Waals surface area contributed by atoms with Crippen molar-refractivity contribution in [3.05, 3.63) is 111 Å². The van der Waals surface area contributed by atoms with Crippen molar-refractivity contribution in [3.8, 4) is 17.2 Å². The molecule has 0 saturated heterocycles. The van der Waals surface area contributed by atoms with Gasteiger partial charge in [-0.1, -0.05) is 54.6 Å². The van der Waals surface area contributed by atoms with Gasteiger partial charge in [-0.2, -0.15) is 10.2 Å². The zero-order valence-corrected chi connectivity index (χ0v) is 20.3. The Kier molecular flexibility index (Phi) is 6.12. The number of nitrogens with zero attached hydrogens (tertiary/aromatic N) is 4. The molecule has 2 atom stereocenters. The standard InChI is InChI=1S/C29H24N6O2/c1-17(33-28-21(15-30)16-32-29(31)34-28)23-13-20-9-6-10-22(19-11-12-35(2)24(36)14-19)26(20)27(37)25(23)18-7-4-3-5-8-18/h3-14,16-17,25H,1-2H3,(H3,31,32,33,34)/t17-,25?/m0/s1. The number of hydrogen-bond acceptors (Lipinski definition) is 7. The van der Waals surface area contributed by atoms with Crippen molar-refractivity contribution in [1.82, 2.24) is 14.5 Å². The first kappa shape index (κ1) is 23.7. The van der Waals surface area contributed by atoms with Crippen LogP contribution >= 0.6 is 0 Å². The van der Waals surface area contributed by atoms with Crippen molar-refractivity contribution in [2.45, 2.75) is 18.9 Å². The molecule has 0 amide bonds. The molecule has 1 unspecified atom stereocenters. The van der Waals surface area contributed by atoms with E-state index in [4.69, 9.17) is 5.73 Å². The van der Waals surface area contributed by atoms with Crippen LogP contribution in [-0.2, 0) is 7.05 Å². The summed E-state index contributed by atoms with van der Waals surface area (Å²) in [5.41, 5.74) is 10.3. The lowest BCUT2D eigenvalue weighted by Crippen LogP contribution is -2.30. The van der Waals surface area contributed by atoms with Crippen LogP contribution in [0.3, 0.4) is 0 Å². The maximum atomic E-state index is 14.3. The molecule has 0 spiro atoms. The van der Waals surface area contributed by atoms with Gasteiger partial charge in [0.15, 0.2) is 5.78 Å². The fourth-order valence-electron chi connectivity index (χ4n) is 4.72. The molecule has 182 valence electrons. The number of nitriles is 1. The van der Waals surface area contributed by atoms with E-state index in [2.05, 4.69) is 21.4 Å². The number of nitrogens with two attached hydrogens (primary N) is 1. The predicted molar refractivity (Wildman–Crippen MR) is 143 cm³/mol. The van der Waals surface area contributed by atoms with Crippen LogP contribution in [0.2, 0.25) is 0 Å². The van der Waals surface area contributed by atoms with Crippen molar-refractivity contribution >= 4 is 23.6 Å². The van der Waals surface area contributed by atoms with Gasteiger partial charge in [0, 0.05) is 30.9 Å². The van der Waals surface area contributed by atoms with Gasteiger partial charge in [0.05, 0.1) is 12.1 Å². The normalized spacial score (nSPS) is 15.3. The zero-order valence-electron chi connectivity index (χ0n) is 20.3. The number of Topliss-reactive ketones (excluding diaryl/α,β-unsaturated/α-hetero) is 1. The van der Waals surface area contributed by atoms with E-state index in [0.717, 1.165) is 16.7 Å². The van der Waals surface area contributed by atoms with Gasteiger partial charge in [-0.15, -0.1) is 0 Å².